The van der Waals surface area contributed by atoms with Crippen molar-refractivity contribution < 1.29 is 99.2 Å². The number of aliphatic hydroxyl groups is 12. The maximum Gasteiger partial charge on any atom is 0.187 e. The Kier molecular flexibility index (Phi) is 18.2. The fraction of sp³-hybridized carbons (Fsp3) is 0.963. The summed E-state index contributed by atoms with van der Waals surface area (Å²) in [6.45, 7) is 15.9. The Morgan fingerprint density at radius 3 is 1.85 bits per heavy atom. The van der Waals surface area contributed by atoms with E-state index in [2.05, 4.69) is 47.6 Å². The molecule has 0 radical (unpaired) electrons. The summed E-state index contributed by atoms with van der Waals surface area (Å²) in [4.78, 5) is 0. The van der Waals surface area contributed by atoms with Crippen LogP contribution >= 0.6 is 0 Å². The molecule has 4 heterocycles. The number of allylic oxidation sites excluding steroid dienone is 1. The van der Waals surface area contributed by atoms with Crippen LogP contribution in [0.3, 0.4) is 0 Å². The summed E-state index contributed by atoms with van der Waals surface area (Å²) in [6.07, 6.45) is -12.4. The van der Waals surface area contributed by atoms with Crippen molar-refractivity contribution in [2.24, 2.45) is 45.3 Å². The quantitative estimate of drug-likeness (QED) is 0.0900. The maximum atomic E-state index is 11.8. The molecule has 0 aromatic rings. The van der Waals surface area contributed by atoms with Crippen molar-refractivity contribution in [3.8, 4) is 0 Å². The van der Waals surface area contributed by atoms with Crippen LogP contribution in [0.25, 0.3) is 0 Å². The highest BCUT2D eigenvalue weighted by molar-refractivity contribution is 5.30. The van der Waals surface area contributed by atoms with Crippen LogP contribution in [-0.2, 0) is 37.9 Å². The van der Waals surface area contributed by atoms with Gasteiger partial charge in [0.25, 0.3) is 0 Å². The lowest BCUT2D eigenvalue weighted by Crippen LogP contribution is -2.60. The molecule has 0 bridgehead atoms. The summed E-state index contributed by atoms with van der Waals surface area (Å²) in [5, 5.41) is 127. The first-order valence-electron chi connectivity index (χ1n) is 27.6. The van der Waals surface area contributed by atoms with Crippen molar-refractivity contribution >= 4 is 0 Å². The number of hydrogen-bond acceptors (Lipinski definition) is 20. The van der Waals surface area contributed by atoms with Gasteiger partial charge >= 0.3 is 0 Å². The fourth-order valence-electron chi connectivity index (χ4n) is 15.5. The van der Waals surface area contributed by atoms with Gasteiger partial charge in [-0.3, -0.25) is 0 Å². The number of rotatable bonds is 17. The smallest absolute Gasteiger partial charge is 0.187 e. The third kappa shape index (κ3) is 11.1. The predicted molar refractivity (Wildman–Crippen MR) is 262 cm³/mol. The van der Waals surface area contributed by atoms with Gasteiger partial charge in [0.1, 0.15) is 42.7 Å². The van der Waals surface area contributed by atoms with E-state index in [9.17, 15) is 61.3 Å². The Morgan fingerprint density at radius 1 is 0.635 bits per heavy atom. The van der Waals surface area contributed by atoms with E-state index in [1.54, 1.807) is 13.8 Å². The second-order valence-corrected chi connectivity index (χ2v) is 25.5. The Bertz CT molecular complexity index is 1880. The molecule has 4 saturated heterocycles. The number of ether oxygens (including phenoxy) is 8. The first-order chi connectivity index (χ1) is 34.7. The van der Waals surface area contributed by atoms with E-state index in [0.717, 1.165) is 44.9 Å². The molecule has 20 heteroatoms. The molecule has 0 amide bonds. The van der Waals surface area contributed by atoms with Crippen molar-refractivity contribution in [1.29, 1.82) is 0 Å². The zero-order chi connectivity index (χ0) is 54.0. The first kappa shape index (κ1) is 59.1. The molecule has 20 nitrogen and oxygen atoms in total. The summed E-state index contributed by atoms with van der Waals surface area (Å²) >= 11 is 0. The van der Waals surface area contributed by atoms with Crippen molar-refractivity contribution in [1.82, 2.24) is 0 Å². The third-order valence-electron chi connectivity index (χ3n) is 20.3. The standard InChI is InChI=1S/C54H92O20/c1-26(30-15-16-54(8)37-12-10-31-32(52(37,6)17-18-53(30,54)7)11-14-38(50(31,2)3)72-47-40(61)33(58)19-27(22-55)68-47)9-13-39(51(4,5)66)73-49-45(74-48-41(62)34(59)20-28(23-56)69-48)35(60)21-29(70-49)25-67-46-44(65)43(64)42(63)36(24-57)71-46/h10,26-30,32-49,55-66H,9,11-25H2,1-8H3/t26-,27+,28?,29+,30?,32?,33+,34+,35+,36-,37?,38+,39-,40-,41-,42-,43+,44-,45?,46+,47+,48+,49+,52+,53-,54+/m1/s1. The van der Waals surface area contributed by atoms with Crippen LogP contribution in [0, 0.1) is 45.3 Å². The molecule has 3 saturated carbocycles. The van der Waals surface area contributed by atoms with Crippen molar-refractivity contribution in [2.75, 3.05) is 26.4 Å². The normalized spacial score (nSPS) is 49.5. The van der Waals surface area contributed by atoms with Gasteiger partial charge in [0.05, 0.1) is 80.9 Å². The van der Waals surface area contributed by atoms with Gasteiger partial charge in [0, 0.05) is 24.7 Å². The van der Waals surface area contributed by atoms with Gasteiger partial charge in [0.2, 0.25) is 0 Å². The molecule has 7 fully saturated rings. The van der Waals surface area contributed by atoms with E-state index in [0.29, 0.717) is 30.6 Å². The van der Waals surface area contributed by atoms with Crippen molar-refractivity contribution in [3.05, 3.63) is 11.6 Å². The van der Waals surface area contributed by atoms with Gasteiger partial charge in [-0.2, -0.15) is 0 Å². The lowest BCUT2D eigenvalue weighted by atomic mass is 9.39. The van der Waals surface area contributed by atoms with Gasteiger partial charge in [0.15, 0.2) is 25.2 Å². The Morgan fingerprint density at radius 2 is 1.24 bits per heavy atom. The van der Waals surface area contributed by atoms with Gasteiger partial charge in [-0.1, -0.05) is 53.2 Å². The molecule has 26 atom stereocenters. The van der Waals surface area contributed by atoms with Crippen LogP contribution in [0.1, 0.15) is 132 Å². The fourth-order valence-corrected chi connectivity index (χ4v) is 15.5. The average Bonchev–Trinajstić information content (AvgIpc) is 3.63. The van der Waals surface area contributed by atoms with E-state index < -0.39 is 129 Å². The SMILES string of the molecule is C[C@H](CC[C@@H](O[C@@H]1O[C@H](CO[C@H]2O[C@H](CO)[C@@H](O)[C@H](O)[C@H]2O)C[C@H](O)C1O[C@@H]1OC(CO)C[C@H](O)[C@H]1O)C(C)(C)O)C1CC[C@@]2(C)C3CC=C4C(CC[C@H](O[C@@H]5O[C@H](CO)C[C@H](O)[C@H]5O)C4(C)C)[C@]3(C)CC[C@]12C. The lowest BCUT2D eigenvalue weighted by Gasteiger charge is -2.66. The average molecular weight is 1060 g/mol. The largest absolute Gasteiger partial charge is 0.394 e. The second kappa shape index (κ2) is 22.8. The minimum absolute atomic E-state index is 0.0168. The van der Waals surface area contributed by atoms with Crippen molar-refractivity contribution in [3.63, 3.8) is 0 Å². The molecular weight excluding hydrogens is 969 g/mol. The van der Waals surface area contributed by atoms with Crippen LogP contribution in [0.4, 0.5) is 0 Å². The molecule has 5 unspecified atom stereocenters. The van der Waals surface area contributed by atoms with Crippen molar-refractivity contribution in [2.45, 2.75) is 255 Å². The summed E-state index contributed by atoms with van der Waals surface area (Å²) in [7, 11) is 0. The Hall–Kier alpha value is -1.06. The highest BCUT2D eigenvalue weighted by Gasteiger charge is 2.67. The number of aliphatic hydroxyl groups excluding tert-OH is 11. The van der Waals surface area contributed by atoms with E-state index in [1.165, 1.54) is 5.57 Å². The summed E-state index contributed by atoms with van der Waals surface area (Å²) in [5.74, 6) is 1.38. The van der Waals surface area contributed by atoms with Crippen LogP contribution < -0.4 is 0 Å². The predicted octanol–water partition coefficient (Wildman–Crippen LogP) is 0.885. The molecule has 4 aliphatic heterocycles. The van der Waals surface area contributed by atoms with Gasteiger partial charge in [-0.15, -0.1) is 0 Å². The van der Waals surface area contributed by atoms with E-state index >= 15 is 0 Å². The molecule has 4 aliphatic carbocycles. The van der Waals surface area contributed by atoms with Gasteiger partial charge in [-0.05, 0) is 112 Å². The summed E-state index contributed by atoms with van der Waals surface area (Å²) in [6, 6.07) is 0. The molecule has 428 valence electrons. The minimum atomic E-state index is -1.68. The third-order valence-corrected chi connectivity index (χ3v) is 20.3. The van der Waals surface area contributed by atoms with Crippen LogP contribution in [0.5, 0.6) is 0 Å². The second-order valence-electron chi connectivity index (χ2n) is 25.5. The monoisotopic (exact) mass is 1060 g/mol. The van der Waals surface area contributed by atoms with Crippen LogP contribution in [0.15, 0.2) is 11.6 Å². The zero-order valence-corrected chi connectivity index (χ0v) is 44.8. The molecular formula is C54H92O20. The molecule has 12 N–H and O–H groups in total. The van der Waals surface area contributed by atoms with E-state index in [-0.39, 0.29) is 66.2 Å². The molecule has 74 heavy (non-hydrogen) atoms. The van der Waals surface area contributed by atoms with Gasteiger partial charge < -0.3 is 99.2 Å². The van der Waals surface area contributed by atoms with Gasteiger partial charge in [-0.25, -0.2) is 0 Å². The lowest BCUT2D eigenvalue weighted by molar-refractivity contribution is -0.361. The Labute approximate surface area is 436 Å². The number of hydrogen-bond donors (Lipinski definition) is 12. The highest BCUT2D eigenvalue weighted by atomic mass is 16.8. The minimum Gasteiger partial charge on any atom is -0.394 e. The summed E-state index contributed by atoms with van der Waals surface area (Å²) in [5.41, 5.74) is -0.283. The zero-order valence-electron chi connectivity index (χ0n) is 44.8. The van der Waals surface area contributed by atoms with Crippen LogP contribution in [0.2, 0.25) is 0 Å². The number of fused-ring (bicyclic) bond motifs is 5. The molecule has 0 aromatic carbocycles. The first-order valence-corrected chi connectivity index (χ1v) is 27.6. The maximum absolute atomic E-state index is 11.8. The molecule has 0 aromatic heterocycles. The van der Waals surface area contributed by atoms with E-state index in [1.807, 2.05) is 0 Å². The Balaban J connectivity index is 0.958. The highest BCUT2D eigenvalue weighted by Crippen LogP contribution is 2.75. The molecule has 8 aliphatic rings. The topological polar surface area (TPSA) is 317 Å². The van der Waals surface area contributed by atoms with E-state index in [4.69, 9.17) is 37.9 Å². The van der Waals surface area contributed by atoms with Crippen LogP contribution in [-0.4, -0.2) is 210 Å². The summed E-state index contributed by atoms with van der Waals surface area (Å²) < 4.78 is 48.9. The molecule has 8 rings (SSSR count). The molecule has 0 spiro atoms.